The summed E-state index contributed by atoms with van der Waals surface area (Å²) < 4.78 is 26.7. The maximum atomic E-state index is 12.1. The summed E-state index contributed by atoms with van der Waals surface area (Å²) in [6.07, 6.45) is 0. The van der Waals surface area contributed by atoms with Crippen molar-refractivity contribution in [1.29, 1.82) is 0 Å². The first-order chi connectivity index (χ1) is 7.03. The molecule has 4 nitrogen and oxygen atoms in total. The fourth-order valence-electron chi connectivity index (χ4n) is 1.32. The van der Waals surface area contributed by atoms with Gasteiger partial charge >= 0.3 is 0 Å². The average molecular weight is 348 g/mol. The van der Waals surface area contributed by atoms with Crippen LogP contribution in [0, 0.1) is 0 Å². The minimum absolute atomic E-state index is 0. The third-order valence-electron chi connectivity index (χ3n) is 2.47. The Morgan fingerprint density at radius 1 is 1.56 bits per heavy atom. The second-order valence-electron chi connectivity index (χ2n) is 3.39. The number of hydrogen-bond donors (Lipinski definition) is 1. The van der Waals surface area contributed by atoms with Crippen molar-refractivity contribution in [1.82, 2.24) is 9.62 Å². The molecule has 0 aromatic carbocycles. The van der Waals surface area contributed by atoms with Crippen LogP contribution in [0.4, 0.5) is 0 Å². The van der Waals surface area contributed by atoms with Gasteiger partial charge in [-0.25, -0.2) is 8.42 Å². The lowest BCUT2D eigenvalue weighted by atomic mass is 10.2. The lowest BCUT2D eigenvalue weighted by Gasteiger charge is -2.34. The summed E-state index contributed by atoms with van der Waals surface area (Å²) in [5, 5.41) is 4.83. The predicted octanol–water partition coefficient (Wildman–Crippen LogP) is 1.52. The zero-order chi connectivity index (χ0) is 11.1. The molecule has 0 spiro atoms. The molecule has 8 heteroatoms. The third kappa shape index (κ3) is 2.44. The van der Waals surface area contributed by atoms with E-state index in [-0.39, 0.29) is 18.4 Å². The molecule has 0 aliphatic carbocycles. The molecule has 92 valence electrons. The zero-order valence-electron chi connectivity index (χ0n) is 8.51. The molecule has 1 N–H and O–H groups in total. The van der Waals surface area contributed by atoms with Crippen LogP contribution in [-0.4, -0.2) is 38.9 Å². The van der Waals surface area contributed by atoms with Gasteiger partial charge in [-0.2, -0.15) is 4.31 Å². The van der Waals surface area contributed by atoms with Gasteiger partial charge in [-0.15, -0.1) is 23.7 Å². The standard InChI is InChI=1S/C8H11BrN2O2S2.ClH/c1-11(6-4-10-5-6)15(12,13)8-7(9)2-3-14-8;/h2-3,6,10H,4-5H2,1H3;1H. The number of nitrogens with zero attached hydrogens (tertiary/aromatic N) is 1. The quantitative estimate of drug-likeness (QED) is 0.902. The molecule has 2 heterocycles. The summed E-state index contributed by atoms with van der Waals surface area (Å²) in [5.41, 5.74) is 0. The second-order valence-corrected chi connectivity index (χ2v) is 7.35. The van der Waals surface area contributed by atoms with E-state index in [1.807, 2.05) is 0 Å². The molecule has 0 saturated carbocycles. The van der Waals surface area contributed by atoms with Crippen molar-refractivity contribution in [3.8, 4) is 0 Å². The topological polar surface area (TPSA) is 49.4 Å². The van der Waals surface area contributed by atoms with Crippen molar-refractivity contribution >= 4 is 49.7 Å². The average Bonchev–Trinajstić information content (AvgIpc) is 2.48. The Kier molecular flexibility index (Phi) is 4.79. The lowest BCUT2D eigenvalue weighted by molar-refractivity contribution is 0.274. The summed E-state index contributed by atoms with van der Waals surface area (Å²) in [6, 6.07) is 1.84. The molecule has 0 atom stereocenters. The van der Waals surface area contributed by atoms with E-state index in [4.69, 9.17) is 0 Å². The Hall–Kier alpha value is 0.340. The van der Waals surface area contributed by atoms with E-state index in [0.717, 1.165) is 13.1 Å². The van der Waals surface area contributed by atoms with Crippen LogP contribution < -0.4 is 5.32 Å². The number of likely N-dealkylation sites (N-methyl/N-ethyl adjacent to an activating group) is 1. The van der Waals surface area contributed by atoms with Gasteiger partial charge in [-0.1, -0.05) is 0 Å². The molecular weight excluding hydrogens is 336 g/mol. The number of thiophene rings is 1. The number of rotatable bonds is 3. The van der Waals surface area contributed by atoms with Gasteiger partial charge in [0.25, 0.3) is 10.0 Å². The van der Waals surface area contributed by atoms with Crippen LogP contribution in [0.1, 0.15) is 0 Å². The first kappa shape index (κ1) is 14.4. The Balaban J connectivity index is 0.00000128. The molecule has 0 bridgehead atoms. The van der Waals surface area contributed by atoms with E-state index >= 15 is 0 Å². The van der Waals surface area contributed by atoms with E-state index in [1.165, 1.54) is 15.6 Å². The predicted molar refractivity (Wildman–Crippen MR) is 70.9 cm³/mol. The van der Waals surface area contributed by atoms with Crippen LogP contribution in [-0.2, 0) is 10.0 Å². The van der Waals surface area contributed by atoms with E-state index in [0.29, 0.717) is 8.68 Å². The van der Waals surface area contributed by atoms with Gasteiger partial charge < -0.3 is 5.32 Å². The van der Waals surface area contributed by atoms with E-state index < -0.39 is 10.0 Å². The smallest absolute Gasteiger partial charge is 0.253 e. The largest absolute Gasteiger partial charge is 0.313 e. The number of nitrogens with one attached hydrogen (secondary N) is 1. The fourth-order valence-corrected chi connectivity index (χ4v) is 5.15. The Morgan fingerprint density at radius 2 is 2.19 bits per heavy atom. The van der Waals surface area contributed by atoms with Gasteiger partial charge in [0, 0.05) is 30.7 Å². The number of hydrogen-bond acceptors (Lipinski definition) is 4. The Labute approximate surface area is 114 Å². The lowest BCUT2D eigenvalue weighted by Crippen LogP contribution is -2.57. The number of halogens is 2. The molecular formula is C8H12BrClN2O2S2. The second kappa shape index (κ2) is 5.32. The highest BCUT2D eigenvalue weighted by atomic mass is 79.9. The summed E-state index contributed by atoms with van der Waals surface area (Å²) >= 11 is 4.49. The van der Waals surface area contributed by atoms with Crippen molar-refractivity contribution in [2.45, 2.75) is 10.3 Å². The highest BCUT2D eigenvalue weighted by Crippen LogP contribution is 2.30. The maximum absolute atomic E-state index is 12.1. The first-order valence-corrected chi connectivity index (χ1v) is 7.56. The van der Waals surface area contributed by atoms with Crippen LogP contribution in [0.25, 0.3) is 0 Å². The molecule has 1 saturated heterocycles. The van der Waals surface area contributed by atoms with Gasteiger partial charge in [0.15, 0.2) is 0 Å². The third-order valence-corrected chi connectivity index (χ3v) is 7.03. The first-order valence-electron chi connectivity index (χ1n) is 4.45. The fraction of sp³-hybridized carbons (Fsp3) is 0.500. The van der Waals surface area contributed by atoms with Crippen molar-refractivity contribution < 1.29 is 8.42 Å². The molecule has 16 heavy (non-hydrogen) atoms. The molecule has 2 rings (SSSR count). The van der Waals surface area contributed by atoms with Crippen molar-refractivity contribution in [2.75, 3.05) is 20.1 Å². The van der Waals surface area contributed by atoms with Gasteiger partial charge in [0.2, 0.25) is 0 Å². The Bertz CT molecular complexity index is 458. The SMILES string of the molecule is CN(C1CNC1)S(=O)(=O)c1sccc1Br.Cl. The van der Waals surface area contributed by atoms with Gasteiger partial charge in [0.05, 0.1) is 0 Å². The molecule has 1 fully saturated rings. The Morgan fingerprint density at radius 3 is 2.56 bits per heavy atom. The zero-order valence-corrected chi connectivity index (χ0v) is 12.5. The number of sulfonamides is 1. The molecule has 1 aliphatic rings. The normalized spacial score (nSPS) is 16.9. The highest BCUT2D eigenvalue weighted by Gasteiger charge is 2.33. The summed E-state index contributed by atoms with van der Waals surface area (Å²) in [4.78, 5) is 0. The van der Waals surface area contributed by atoms with E-state index in [9.17, 15) is 8.42 Å². The molecule has 0 unspecified atom stereocenters. The molecule has 0 amide bonds. The van der Waals surface area contributed by atoms with Crippen LogP contribution in [0.3, 0.4) is 0 Å². The van der Waals surface area contributed by atoms with Gasteiger partial charge in [-0.3, -0.25) is 0 Å². The van der Waals surface area contributed by atoms with Crippen molar-refractivity contribution in [3.05, 3.63) is 15.9 Å². The minimum atomic E-state index is -3.32. The summed E-state index contributed by atoms with van der Waals surface area (Å²) in [6.45, 7) is 1.47. The minimum Gasteiger partial charge on any atom is -0.313 e. The maximum Gasteiger partial charge on any atom is 0.253 e. The molecule has 1 aromatic heterocycles. The van der Waals surface area contributed by atoms with Gasteiger partial charge in [0.1, 0.15) is 4.21 Å². The highest BCUT2D eigenvalue weighted by molar-refractivity contribution is 9.10. The molecule has 0 radical (unpaired) electrons. The van der Waals surface area contributed by atoms with Crippen LogP contribution in [0.15, 0.2) is 20.1 Å². The summed E-state index contributed by atoms with van der Waals surface area (Å²) in [5.74, 6) is 0. The van der Waals surface area contributed by atoms with Crippen LogP contribution in [0.5, 0.6) is 0 Å². The van der Waals surface area contributed by atoms with E-state index in [2.05, 4.69) is 21.2 Å². The van der Waals surface area contributed by atoms with Crippen molar-refractivity contribution in [3.63, 3.8) is 0 Å². The van der Waals surface area contributed by atoms with Gasteiger partial charge in [-0.05, 0) is 27.4 Å². The monoisotopic (exact) mass is 346 g/mol. The van der Waals surface area contributed by atoms with Crippen LogP contribution >= 0.6 is 39.7 Å². The van der Waals surface area contributed by atoms with Crippen LogP contribution in [0.2, 0.25) is 0 Å². The molecule has 1 aliphatic heterocycles. The van der Waals surface area contributed by atoms with E-state index in [1.54, 1.807) is 18.5 Å². The summed E-state index contributed by atoms with van der Waals surface area (Å²) in [7, 11) is -1.69. The van der Waals surface area contributed by atoms with Crippen molar-refractivity contribution in [2.24, 2.45) is 0 Å². The molecule has 1 aromatic rings.